The number of hydrogen-bond acceptors (Lipinski definition) is 6. The molecule has 1 aromatic heterocycles. The van der Waals surface area contributed by atoms with Crippen LogP contribution in [-0.2, 0) is 25.7 Å². The number of rotatable bonds is 32. The average molecular weight is 665 g/mol. The zero-order valence-corrected chi connectivity index (χ0v) is 30.5. The number of nitrogens with one attached hydrogen (secondary N) is 2. The maximum Gasteiger partial charge on any atom is 0.306 e. The standard InChI is InChI=1S/C37H68N4O4S/c1-4-7-10-13-15-18-22-33(21-17-12-9-6-3)36(43)40-34(37(44)39-25-20-27-41-28-26-38-32-41)23-30-46-31-24-35(42)45-29-19-16-14-11-8-5-2/h26,28,32-34H,4-25,27,29-31H2,1-3H3,(H,39,44)(H,40,43). The lowest BCUT2D eigenvalue weighted by Crippen LogP contribution is -2.49. The van der Waals surface area contributed by atoms with Gasteiger partial charge in [0.2, 0.25) is 11.8 Å². The van der Waals surface area contributed by atoms with Gasteiger partial charge in [0.15, 0.2) is 0 Å². The number of amides is 2. The molecule has 0 aromatic carbocycles. The Balaban J connectivity index is 2.59. The lowest BCUT2D eigenvalue weighted by molar-refractivity contribution is -0.143. The van der Waals surface area contributed by atoms with Crippen LogP contribution in [0, 0.1) is 5.92 Å². The van der Waals surface area contributed by atoms with Gasteiger partial charge in [0.05, 0.1) is 19.4 Å². The molecule has 1 heterocycles. The predicted molar refractivity (Wildman–Crippen MR) is 193 cm³/mol. The van der Waals surface area contributed by atoms with Crippen molar-refractivity contribution in [3.8, 4) is 0 Å². The first-order valence-electron chi connectivity index (χ1n) is 18.8. The molecule has 266 valence electrons. The molecule has 0 saturated carbocycles. The number of carbonyl (C=O) groups excluding carboxylic acids is 3. The normalized spacial score (nSPS) is 12.5. The topological polar surface area (TPSA) is 102 Å². The van der Waals surface area contributed by atoms with E-state index in [0.717, 1.165) is 64.3 Å². The summed E-state index contributed by atoms with van der Waals surface area (Å²) in [5.41, 5.74) is 0. The summed E-state index contributed by atoms with van der Waals surface area (Å²) in [4.78, 5) is 43.1. The highest BCUT2D eigenvalue weighted by molar-refractivity contribution is 7.99. The van der Waals surface area contributed by atoms with Crippen molar-refractivity contribution in [3.63, 3.8) is 0 Å². The zero-order valence-electron chi connectivity index (χ0n) is 29.7. The number of nitrogens with zero attached hydrogens (tertiary/aromatic N) is 2. The molecule has 0 radical (unpaired) electrons. The van der Waals surface area contributed by atoms with Crippen molar-refractivity contribution in [1.29, 1.82) is 0 Å². The number of esters is 1. The van der Waals surface area contributed by atoms with Crippen LogP contribution in [0.2, 0.25) is 0 Å². The Labute approximate surface area is 285 Å². The maximum atomic E-state index is 13.6. The summed E-state index contributed by atoms with van der Waals surface area (Å²) in [5, 5.41) is 6.21. The zero-order chi connectivity index (χ0) is 33.5. The number of carbonyl (C=O) groups is 3. The van der Waals surface area contributed by atoms with Gasteiger partial charge in [-0.15, -0.1) is 0 Å². The van der Waals surface area contributed by atoms with Crippen LogP contribution < -0.4 is 10.6 Å². The Hall–Kier alpha value is -2.03. The molecule has 1 rings (SSSR count). The lowest BCUT2D eigenvalue weighted by atomic mass is 9.93. The summed E-state index contributed by atoms with van der Waals surface area (Å²) in [7, 11) is 0. The van der Waals surface area contributed by atoms with Gasteiger partial charge in [-0.2, -0.15) is 11.8 Å². The predicted octanol–water partition coefficient (Wildman–Crippen LogP) is 8.63. The number of aryl methyl sites for hydroxylation is 1. The van der Waals surface area contributed by atoms with Crippen LogP contribution >= 0.6 is 11.8 Å². The molecule has 0 aliphatic rings. The number of unbranched alkanes of at least 4 members (excludes halogenated alkanes) is 13. The van der Waals surface area contributed by atoms with Gasteiger partial charge in [0.25, 0.3) is 0 Å². The first-order valence-corrected chi connectivity index (χ1v) is 19.9. The molecule has 8 nitrogen and oxygen atoms in total. The fraction of sp³-hybridized carbons (Fsp3) is 0.838. The SMILES string of the molecule is CCCCCCCCOC(=O)CCSCCC(NC(=O)C(CCCCCC)CCCCCCCC)C(=O)NCCCn1ccnc1. The van der Waals surface area contributed by atoms with Crippen LogP contribution in [0.25, 0.3) is 0 Å². The molecule has 2 unspecified atom stereocenters. The van der Waals surface area contributed by atoms with Gasteiger partial charge < -0.3 is 19.9 Å². The van der Waals surface area contributed by atoms with E-state index in [-0.39, 0.29) is 23.7 Å². The number of imidazole rings is 1. The van der Waals surface area contributed by atoms with Gasteiger partial charge in [0, 0.05) is 37.2 Å². The molecule has 2 atom stereocenters. The molecule has 0 aliphatic heterocycles. The Morgan fingerprint density at radius 1 is 0.739 bits per heavy atom. The highest BCUT2D eigenvalue weighted by Gasteiger charge is 2.25. The van der Waals surface area contributed by atoms with E-state index in [0.29, 0.717) is 37.5 Å². The van der Waals surface area contributed by atoms with Crippen molar-refractivity contribution in [2.75, 3.05) is 24.7 Å². The van der Waals surface area contributed by atoms with E-state index in [1.807, 2.05) is 10.8 Å². The van der Waals surface area contributed by atoms with E-state index >= 15 is 0 Å². The first-order chi connectivity index (χ1) is 22.5. The second-order valence-electron chi connectivity index (χ2n) is 12.7. The lowest BCUT2D eigenvalue weighted by Gasteiger charge is -2.23. The van der Waals surface area contributed by atoms with E-state index in [1.165, 1.54) is 64.2 Å². The second kappa shape index (κ2) is 30.3. The summed E-state index contributed by atoms with van der Waals surface area (Å²) in [6, 6.07) is -0.574. The highest BCUT2D eigenvalue weighted by Crippen LogP contribution is 2.20. The molecule has 0 saturated heterocycles. The second-order valence-corrected chi connectivity index (χ2v) is 14.0. The maximum absolute atomic E-state index is 13.6. The Morgan fingerprint density at radius 3 is 1.98 bits per heavy atom. The van der Waals surface area contributed by atoms with Crippen molar-refractivity contribution in [2.45, 2.75) is 168 Å². The van der Waals surface area contributed by atoms with Gasteiger partial charge in [-0.3, -0.25) is 14.4 Å². The van der Waals surface area contributed by atoms with E-state index in [1.54, 1.807) is 24.3 Å². The summed E-state index contributed by atoms with van der Waals surface area (Å²) in [6.07, 6.45) is 27.7. The van der Waals surface area contributed by atoms with Crippen molar-refractivity contribution in [1.82, 2.24) is 20.2 Å². The minimum atomic E-state index is -0.574. The van der Waals surface area contributed by atoms with Gasteiger partial charge in [-0.25, -0.2) is 4.98 Å². The summed E-state index contributed by atoms with van der Waals surface area (Å²) >= 11 is 1.64. The fourth-order valence-electron chi connectivity index (χ4n) is 5.57. The van der Waals surface area contributed by atoms with Crippen LogP contribution in [0.4, 0.5) is 0 Å². The van der Waals surface area contributed by atoms with Crippen LogP contribution in [0.15, 0.2) is 18.7 Å². The third-order valence-corrected chi connectivity index (χ3v) is 9.55. The largest absolute Gasteiger partial charge is 0.466 e. The number of aromatic nitrogens is 2. The van der Waals surface area contributed by atoms with Crippen molar-refractivity contribution in [3.05, 3.63) is 18.7 Å². The monoisotopic (exact) mass is 664 g/mol. The van der Waals surface area contributed by atoms with Gasteiger partial charge in [-0.1, -0.05) is 117 Å². The molecule has 1 aromatic rings. The molecule has 0 aliphatic carbocycles. The molecule has 2 N–H and O–H groups in total. The van der Waals surface area contributed by atoms with Crippen molar-refractivity contribution >= 4 is 29.5 Å². The summed E-state index contributed by atoms with van der Waals surface area (Å²) in [5.74, 6) is 1.04. The third-order valence-electron chi connectivity index (χ3n) is 8.53. The van der Waals surface area contributed by atoms with E-state index in [9.17, 15) is 14.4 Å². The Morgan fingerprint density at radius 2 is 1.35 bits per heavy atom. The summed E-state index contributed by atoms with van der Waals surface area (Å²) in [6.45, 7) is 8.47. The van der Waals surface area contributed by atoms with Crippen LogP contribution in [0.3, 0.4) is 0 Å². The van der Waals surface area contributed by atoms with Crippen molar-refractivity contribution < 1.29 is 19.1 Å². The molecule has 0 bridgehead atoms. The minimum Gasteiger partial charge on any atom is -0.466 e. The fourth-order valence-corrected chi connectivity index (χ4v) is 6.49. The van der Waals surface area contributed by atoms with Gasteiger partial charge >= 0.3 is 5.97 Å². The van der Waals surface area contributed by atoms with E-state index < -0.39 is 6.04 Å². The third kappa shape index (κ3) is 23.3. The molecule has 2 amide bonds. The average Bonchev–Trinajstić information content (AvgIpc) is 3.58. The van der Waals surface area contributed by atoms with E-state index in [4.69, 9.17) is 4.74 Å². The Bertz CT molecular complexity index is 868. The molecule has 0 spiro atoms. The van der Waals surface area contributed by atoms with Crippen LogP contribution in [-0.4, -0.2) is 58.0 Å². The number of hydrogen-bond donors (Lipinski definition) is 2. The first kappa shape index (κ1) is 42.0. The number of thioether (sulfide) groups is 1. The Kier molecular flexibility index (Phi) is 27.7. The quantitative estimate of drug-likeness (QED) is 0.0591. The number of ether oxygens (including phenoxy) is 1. The van der Waals surface area contributed by atoms with Crippen LogP contribution in [0.5, 0.6) is 0 Å². The minimum absolute atomic E-state index is 0.0203. The molecule has 0 fully saturated rings. The van der Waals surface area contributed by atoms with Crippen molar-refractivity contribution in [2.24, 2.45) is 5.92 Å². The molecular formula is C37H68N4O4S. The smallest absolute Gasteiger partial charge is 0.306 e. The van der Waals surface area contributed by atoms with Gasteiger partial charge in [0.1, 0.15) is 6.04 Å². The van der Waals surface area contributed by atoms with E-state index in [2.05, 4.69) is 36.4 Å². The molecule has 9 heteroatoms. The van der Waals surface area contributed by atoms with Gasteiger partial charge in [-0.05, 0) is 37.9 Å². The highest BCUT2D eigenvalue weighted by atomic mass is 32.2. The molecular weight excluding hydrogens is 596 g/mol. The van der Waals surface area contributed by atoms with Crippen LogP contribution in [0.1, 0.15) is 156 Å². The summed E-state index contributed by atoms with van der Waals surface area (Å²) < 4.78 is 7.40. The molecule has 46 heavy (non-hydrogen) atoms.